The van der Waals surface area contributed by atoms with Crippen LogP contribution in [-0.4, -0.2) is 49.3 Å². The third-order valence-corrected chi connectivity index (χ3v) is 3.55. The van der Waals surface area contributed by atoms with Gasteiger partial charge >= 0.3 is 0 Å². The molecule has 0 aromatic carbocycles. The number of nitrogens with one attached hydrogen (secondary N) is 1. The molecule has 0 aliphatic carbocycles. The molecule has 1 rings (SSSR count). The van der Waals surface area contributed by atoms with E-state index in [0.29, 0.717) is 11.5 Å². The van der Waals surface area contributed by atoms with E-state index in [2.05, 4.69) is 51.8 Å². The molecule has 1 saturated heterocycles. The minimum Gasteiger partial charge on any atom is -0.378 e. The van der Waals surface area contributed by atoms with Crippen molar-refractivity contribution >= 4 is 0 Å². The number of ether oxygens (including phenoxy) is 1. The summed E-state index contributed by atoms with van der Waals surface area (Å²) in [6, 6.07) is 0.604. The predicted molar refractivity (Wildman–Crippen MR) is 78.0 cm³/mol. The standard InChI is InChI=1S/C15H32N2O/c1-7-13-10-18-9-8-17(13)12-15(5,6)11-16-14(2,3)4/h13,16H,7-12H2,1-6H3. The van der Waals surface area contributed by atoms with Crippen LogP contribution in [0.4, 0.5) is 0 Å². The number of hydrogen-bond acceptors (Lipinski definition) is 3. The van der Waals surface area contributed by atoms with E-state index in [-0.39, 0.29) is 5.54 Å². The normalized spacial score (nSPS) is 23.3. The Morgan fingerprint density at radius 1 is 1.22 bits per heavy atom. The van der Waals surface area contributed by atoms with Gasteiger partial charge in [0.15, 0.2) is 0 Å². The van der Waals surface area contributed by atoms with Crippen LogP contribution in [0.5, 0.6) is 0 Å². The molecule has 0 spiro atoms. The maximum absolute atomic E-state index is 5.57. The molecule has 0 amide bonds. The van der Waals surface area contributed by atoms with E-state index in [9.17, 15) is 0 Å². The van der Waals surface area contributed by atoms with E-state index in [1.54, 1.807) is 0 Å². The van der Waals surface area contributed by atoms with Gasteiger partial charge in [-0.05, 0) is 32.6 Å². The monoisotopic (exact) mass is 256 g/mol. The molecule has 108 valence electrons. The molecular weight excluding hydrogens is 224 g/mol. The van der Waals surface area contributed by atoms with Crippen molar-refractivity contribution in [2.75, 3.05) is 32.8 Å². The Labute approximate surface area is 113 Å². The molecule has 1 aliphatic rings. The highest BCUT2D eigenvalue weighted by atomic mass is 16.5. The highest BCUT2D eigenvalue weighted by Crippen LogP contribution is 2.21. The van der Waals surface area contributed by atoms with Crippen LogP contribution in [0.3, 0.4) is 0 Å². The Balaban J connectivity index is 2.47. The lowest BCUT2D eigenvalue weighted by atomic mass is 9.90. The first-order chi connectivity index (χ1) is 8.23. The lowest BCUT2D eigenvalue weighted by Crippen LogP contribution is -2.52. The van der Waals surface area contributed by atoms with Gasteiger partial charge in [-0.15, -0.1) is 0 Å². The summed E-state index contributed by atoms with van der Waals surface area (Å²) in [6.07, 6.45) is 1.18. The van der Waals surface area contributed by atoms with Gasteiger partial charge in [-0.25, -0.2) is 0 Å². The highest BCUT2D eigenvalue weighted by molar-refractivity contribution is 4.84. The Morgan fingerprint density at radius 3 is 2.44 bits per heavy atom. The topological polar surface area (TPSA) is 24.5 Å². The van der Waals surface area contributed by atoms with Gasteiger partial charge in [0.2, 0.25) is 0 Å². The van der Waals surface area contributed by atoms with Crippen molar-refractivity contribution in [2.45, 2.75) is 59.5 Å². The van der Waals surface area contributed by atoms with Crippen LogP contribution in [-0.2, 0) is 4.74 Å². The summed E-state index contributed by atoms with van der Waals surface area (Å²) in [5.74, 6) is 0. The second kappa shape index (κ2) is 6.36. The Bertz CT molecular complexity index is 245. The minimum atomic E-state index is 0.201. The lowest BCUT2D eigenvalue weighted by molar-refractivity contribution is -0.0242. The van der Waals surface area contributed by atoms with Crippen molar-refractivity contribution in [3.05, 3.63) is 0 Å². The van der Waals surface area contributed by atoms with Gasteiger partial charge in [-0.1, -0.05) is 20.8 Å². The third kappa shape index (κ3) is 5.68. The third-order valence-electron chi connectivity index (χ3n) is 3.55. The maximum atomic E-state index is 5.57. The number of rotatable bonds is 5. The van der Waals surface area contributed by atoms with Crippen molar-refractivity contribution in [1.82, 2.24) is 10.2 Å². The van der Waals surface area contributed by atoms with Crippen LogP contribution in [0.2, 0.25) is 0 Å². The minimum absolute atomic E-state index is 0.201. The van der Waals surface area contributed by atoms with Crippen LogP contribution < -0.4 is 5.32 Å². The fourth-order valence-electron chi connectivity index (χ4n) is 2.38. The van der Waals surface area contributed by atoms with Crippen LogP contribution in [0.15, 0.2) is 0 Å². The molecule has 1 heterocycles. The average Bonchev–Trinajstić information content (AvgIpc) is 2.26. The number of morpholine rings is 1. The summed E-state index contributed by atoms with van der Waals surface area (Å²) in [5, 5.41) is 3.63. The van der Waals surface area contributed by atoms with Gasteiger partial charge in [-0.3, -0.25) is 4.90 Å². The summed E-state index contributed by atoms with van der Waals surface area (Å²) < 4.78 is 5.57. The zero-order chi connectivity index (χ0) is 13.8. The van der Waals surface area contributed by atoms with E-state index < -0.39 is 0 Å². The molecular formula is C15H32N2O. The molecule has 0 aromatic rings. The molecule has 3 nitrogen and oxygen atoms in total. The van der Waals surface area contributed by atoms with Crippen LogP contribution in [0.25, 0.3) is 0 Å². The molecule has 1 atom stereocenters. The molecule has 1 aliphatic heterocycles. The second-order valence-electron chi connectivity index (χ2n) is 7.38. The summed E-state index contributed by atoms with van der Waals surface area (Å²) in [4.78, 5) is 2.60. The van der Waals surface area contributed by atoms with E-state index >= 15 is 0 Å². The van der Waals surface area contributed by atoms with Crippen LogP contribution >= 0.6 is 0 Å². The fourth-order valence-corrected chi connectivity index (χ4v) is 2.38. The summed E-state index contributed by atoms with van der Waals surface area (Å²) in [5.41, 5.74) is 0.504. The van der Waals surface area contributed by atoms with Crippen molar-refractivity contribution in [3.8, 4) is 0 Å². The molecule has 1 unspecified atom stereocenters. The summed E-state index contributed by atoms with van der Waals surface area (Å²) >= 11 is 0. The molecule has 1 N–H and O–H groups in total. The first kappa shape index (κ1) is 15.9. The zero-order valence-corrected chi connectivity index (χ0v) is 13.2. The smallest absolute Gasteiger partial charge is 0.0622 e. The van der Waals surface area contributed by atoms with Crippen LogP contribution in [0, 0.1) is 5.41 Å². The largest absolute Gasteiger partial charge is 0.378 e. The number of hydrogen-bond donors (Lipinski definition) is 1. The molecule has 0 radical (unpaired) electrons. The van der Waals surface area contributed by atoms with Crippen molar-refractivity contribution in [2.24, 2.45) is 5.41 Å². The lowest BCUT2D eigenvalue weighted by Gasteiger charge is -2.41. The quantitative estimate of drug-likeness (QED) is 0.818. The molecule has 3 heteroatoms. The van der Waals surface area contributed by atoms with Crippen molar-refractivity contribution in [3.63, 3.8) is 0 Å². The fraction of sp³-hybridized carbons (Fsp3) is 1.00. The van der Waals surface area contributed by atoms with E-state index in [1.165, 1.54) is 6.42 Å². The van der Waals surface area contributed by atoms with Crippen LogP contribution in [0.1, 0.15) is 48.0 Å². The molecule has 0 aromatic heterocycles. The summed E-state index contributed by atoms with van der Waals surface area (Å²) in [7, 11) is 0. The van der Waals surface area contributed by atoms with Gasteiger partial charge in [0, 0.05) is 31.2 Å². The first-order valence-electron chi connectivity index (χ1n) is 7.30. The van der Waals surface area contributed by atoms with Crippen molar-refractivity contribution < 1.29 is 4.74 Å². The maximum Gasteiger partial charge on any atom is 0.0622 e. The van der Waals surface area contributed by atoms with Gasteiger partial charge < -0.3 is 10.1 Å². The van der Waals surface area contributed by atoms with Crippen molar-refractivity contribution in [1.29, 1.82) is 0 Å². The second-order valence-corrected chi connectivity index (χ2v) is 7.38. The Morgan fingerprint density at radius 2 is 1.89 bits per heavy atom. The Hall–Kier alpha value is -0.120. The van der Waals surface area contributed by atoms with Gasteiger partial charge in [0.25, 0.3) is 0 Å². The first-order valence-corrected chi connectivity index (χ1v) is 7.30. The SMILES string of the molecule is CCC1COCCN1CC(C)(C)CNC(C)(C)C. The van der Waals surface area contributed by atoms with Gasteiger partial charge in [-0.2, -0.15) is 0 Å². The molecule has 18 heavy (non-hydrogen) atoms. The molecule has 1 fully saturated rings. The molecule has 0 saturated carbocycles. The summed E-state index contributed by atoms with van der Waals surface area (Å²) in [6.45, 7) is 18.7. The zero-order valence-electron chi connectivity index (χ0n) is 13.2. The number of nitrogens with zero attached hydrogens (tertiary/aromatic N) is 1. The van der Waals surface area contributed by atoms with E-state index in [1.807, 2.05) is 0 Å². The molecule has 0 bridgehead atoms. The average molecular weight is 256 g/mol. The van der Waals surface area contributed by atoms with Gasteiger partial charge in [0.1, 0.15) is 0 Å². The predicted octanol–water partition coefficient (Wildman–Crippen LogP) is 2.51. The van der Waals surface area contributed by atoms with E-state index in [0.717, 1.165) is 32.8 Å². The Kier molecular flexibility index (Phi) is 5.63. The van der Waals surface area contributed by atoms with Gasteiger partial charge in [0.05, 0.1) is 13.2 Å². The van der Waals surface area contributed by atoms with E-state index in [4.69, 9.17) is 4.74 Å². The highest BCUT2D eigenvalue weighted by Gasteiger charge is 2.28.